The molecular formula is C23H25N3O2. The molecule has 0 spiro atoms. The molecule has 3 rings (SSSR count). The van der Waals surface area contributed by atoms with Crippen LogP contribution in [0.15, 0.2) is 60.8 Å². The van der Waals surface area contributed by atoms with E-state index in [2.05, 4.69) is 16.4 Å². The van der Waals surface area contributed by atoms with Crippen LogP contribution in [0.2, 0.25) is 0 Å². The minimum Gasteiger partial charge on any atom is -0.439 e. The highest BCUT2D eigenvalue weighted by Crippen LogP contribution is 2.24. The van der Waals surface area contributed by atoms with E-state index in [1.807, 2.05) is 81.4 Å². The van der Waals surface area contributed by atoms with E-state index in [0.717, 1.165) is 28.1 Å². The van der Waals surface area contributed by atoms with Crippen molar-refractivity contribution in [3.05, 3.63) is 83.0 Å². The zero-order valence-electron chi connectivity index (χ0n) is 16.7. The van der Waals surface area contributed by atoms with E-state index < -0.39 is 0 Å². The molecule has 0 saturated carbocycles. The smallest absolute Gasteiger partial charge is 0.251 e. The van der Waals surface area contributed by atoms with E-state index in [9.17, 15) is 4.79 Å². The van der Waals surface area contributed by atoms with Gasteiger partial charge in [0.2, 0.25) is 5.88 Å². The van der Waals surface area contributed by atoms with Gasteiger partial charge in [0, 0.05) is 44.2 Å². The molecule has 1 aromatic heterocycles. The topological polar surface area (TPSA) is 54.5 Å². The first-order valence-corrected chi connectivity index (χ1v) is 9.18. The SMILES string of the molecule is Cc1ccc(C)c(Oc2ccc(CNC(=O)c3cccc(N(C)C)c3)cn2)c1. The molecule has 1 amide bonds. The minimum atomic E-state index is -0.112. The third-order valence-electron chi connectivity index (χ3n) is 4.43. The molecule has 0 aliphatic heterocycles. The zero-order valence-corrected chi connectivity index (χ0v) is 16.7. The lowest BCUT2D eigenvalue weighted by Crippen LogP contribution is -2.23. The summed E-state index contributed by atoms with van der Waals surface area (Å²) in [4.78, 5) is 18.7. The summed E-state index contributed by atoms with van der Waals surface area (Å²) in [6.07, 6.45) is 1.72. The molecule has 5 nitrogen and oxygen atoms in total. The Bertz CT molecular complexity index is 966. The van der Waals surface area contributed by atoms with Crippen LogP contribution in [0.3, 0.4) is 0 Å². The van der Waals surface area contributed by atoms with Crippen LogP contribution in [0, 0.1) is 13.8 Å². The lowest BCUT2D eigenvalue weighted by molar-refractivity contribution is 0.0951. The van der Waals surface area contributed by atoms with Crippen molar-refractivity contribution in [1.82, 2.24) is 10.3 Å². The Morgan fingerprint density at radius 2 is 1.89 bits per heavy atom. The molecule has 0 fully saturated rings. The Labute approximate surface area is 166 Å². The van der Waals surface area contributed by atoms with Crippen LogP contribution in [-0.2, 0) is 6.54 Å². The van der Waals surface area contributed by atoms with Crippen molar-refractivity contribution < 1.29 is 9.53 Å². The molecule has 0 radical (unpaired) electrons. The first kappa shape index (κ1) is 19.4. The summed E-state index contributed by atoms with van der Waals surface area (Å²) in [5.74, 6) is 1.22. The summed E-state index contributed by atoms with van der Waals surface area (Å²) in [6, 6.07) is 17.3. The largest absolute Gasteiger partial charge is 0.439 e. The lowest BCUT2D eigenvalue weighted by Gasteiger charge is -2.13. The third-order valence-corrected chi connectivity index (χ3v) is 4.43. The fraction of sp³-hybridized carbons (Fsp3) is 0.217. The molecule has 2 aromatic carbocycles. The average Bonchev–Trinajstić information content (AvgIpc) is 2.70. The van der Waals surface area contributed by atoms with Crippen LogP contribution in [0.5, 0.6) is 11.6 Å². The van der Waals surface area contributed by atoms with Gasteiger partial charge in [-0.3, -0.25) is 4.79 Å². The van der Waals surface area contributed by atoms with Gasteiger partial charge in [-0.1, -0.05) is 24.3 Å². The van der Waals surface area contributed by atoms with Crippen molar-refractivity contribution in [2.75, 3.05) is 19.0 Å². The molecule has 0 saturated heterocycles. The van der Waals surface area contributed by atoms with Crippen molar-refractivity contribution in [2.24, 2.45) is 0 Å². The normalized spacial score (nSPS) is 10.4. The predicted octanol–water partition coefficient (Wildman–Crippen LogP) is 4.49. The minimum absolute atomic E-state index is 0.112. The number of benzene rings is 2. The number of ether oxygens (including phenoxy) is 1. The number of hydrogen-bond donors (Lipinski definition) is 1. The molecule has 0 atom stereocenters. The van der Waals surface area contributed by atoms with Gasteiger partial charge in [0.05, 0.1) is 0 Å². The number of aryl methyl sites for hydroxylation is 2. The van der Waals surface area contributed by atoms with E-state index in [-0.39, 0.29) is 5.91 Å². The fourth-order valence-corrected chi connectivity index (χ4v) is 2.72. The van der Waals surface area contributed by atoms with Crippen LogP contribution in [-0.4, -0.2) is 25.0 Å². The molecular weight excluding hydrogens is 350 g/mol. The highest BCUT2D eigenvalue weighted by atomic mass is 16.5. The lowest BCUT2D eigenvalue weighted by atomic mass is 10.1. The summed E-state index contributed by atoms with van der Waals surface area (Å²) >= 11 is 0. The van der Waals surface area contributed by atoms with E-state index in [0.29, 0.717) is 18.0 Å². The van der Waals surface area contributed by atoms with E-state index in [4.69, 9.17) is 4.74 Å². The first-order valence-electron chi connectivity index (χ1n) is 9.18. The van der Waals surface area contributed by atoms with Gasteiger partial charge in [-0.05, 0) is 54.8 Å². The molecule has 1 heterocycles. The second-order valence-corrected chi connectivity index (χ2v) is 7.00. The van der Waals surface area contributed by atoms with Crippen LogP contribution in [0.1, 0.15) is 27.0 Å². The van der Waals surface area contributed by atoms with Crippen molar-refractivity contribution in [2.45, 2.75) is 20.4 Å². The van der Waals surface area contributed by atoms with Crippen molar-refractivity contribution >= 4 is 11.6 Å². The summed E-state index contributed by atoms with van der Waals surface area (Å²) in [7, 11) is 3.90. The number of nitrogens with one attached hydrogen (secondary N) is 1. The number of aromatic nitrogens is 1. The van der Waals surface area contributed by atoms with Gasteiger partial charge in [-0.15, -0.1) is 0 Å². The molecule has 0 aliphatic rings. The van der Waals surface area contributed by atoms with Crippen LogP contribution in [0.4, 0.5) is 5.69 Å². The van der Waals surface area contributed by atoms with Crippen LogP contribution < -0.4 is 15.0 Å². The van der Waals surface area contributed by atoms with Gasteiger partial charge in [0.1, 0.15) is 5.75 Å². The first-order chi connectivity index (χ1) is 13.4. The van der Waals surface area contributed by atoms with Gasteiger partial charge in [0.25, 0.3) is 5.91 Å². The Balaban J connectivity index is 1.61. The quantitative estimate of drug-likeness (QED) is 0.690. The summed E-state index contributed by atoms with van der Waals surface area (Å²) in [5, 5.41) is 2.93. The van der Waals surface area contributed by atoms with E-state index in [1.54, 1.807) is 6.20 Å². The zero-order chi connectivity index (χ0) is 20.1. The molecule has 0 bridgehead atoms. The molecule has 144 valence electrons. The number of carbonyl (C=O) groups excluding carboxylic acids is 1. The van der Waals surface area contributed by atoms with Gasteiger partial charge < -0.3 is 15.0 Å². The summed E-state index contributed by atoms with van der Waals surface area (Å²) in [6.45, 7) is 4.44. The highest BCUT2D eigenvalue weighted by Gasteiger charge is 2.08. The second kappa shape index (κ2) is 8.57. The number of hydrogen-bond acceptors (Lipinski definition) is 4. The predicted molar refractivity (Wildman–Crippen MR) is 112 cm³/mol. The van der Waals surface area contributed by atoms with Crippen molar-refractivity contribution in [3.8, 4) is 11.6 Å². The van der Waals surface area contributed by atoms with Gasteiger partial charge >= 0.3 is 0 Å². The maximum atomic E-state index is 12.4. The van der Waals surface area contributed by atoms with Gasteiger partial charge in [0.15, 0.2) is 0 Å². The second-order valence-electron chi connectivity index (χ2n) is 7.00. The van der Waals surface area contributed by atoms with E-state index in [1.165, 1.54) is 0 Å². The molecule has 1 N–H and O–H groups in total. The molecule has 0 aliphatic carbocycles. The number of pyridine rings is 1. The third kappa shape index (κ3) is 4.88. The number of carbonyl (C=O) groups is 1. The molecule has 0 unspecified atom stereocenters. The molecule has 28 heavy (non-hydrogen) atoms. The Hall–Kier alpha value is -3.34. The Morgan fingerprint density at radius 1 is 1.07 bits per heavy atom. The van der Waals surface area contributed by atoms with E-state index >= 15 is 0 Å². The maximum Gasteiger partial charge on any atom is 0.251 e. The molecule has 3 aromatic rings. The standard InChI is InChI=1S/C23H25N3O2/c1-16-8-9-17(2)21(12-16)28-22-11-10-18(14-24-22)15-25-23(27)19-6-5-7-20(13-19)26(3)4/h5-14H,15H2,1-4H3,(H,25,27). The monoisotopic (exact) mass is 375 g/mol. The highest BCUT2D eigenvalue weighted by molar-refractivity contribution is 5.95. The van der Waals surface area contributed by atoms with Crippen LogP contribution in [0.25, 0.3) is 0 Å². The summed E-state index contributed by atoms with van der Waals surface area (Å²) < 4.78 is 5.87. The maximum absolute atomic E-state index is 12.4. The van der Waals surface area contributed by atoms with Gasteiger partial charge in [-0.25, -0.2) is 4.98 Å². The number of anilines is 1. The number of nitrogens with zero attached hydrogens (tertiary/aromatic N) is 2. The van der Waals surface area contributed by atoms with Gasteiger partial charge in [-0.2, -0.15) is 0 Å². The average molecular weight is 375 g/mol. The number of rotatable bonds is 6. The molecule has 5 heteroatoms. The summed E-state index contributed by atoms with van der Waals surface area (Å²) in [5.41, 5.74) is 4.73. The van der Waals surface area contributed by atoms with Crippen molar-refractivity contribution in [1.29, 1.82) is 0 Å². The van der Waals surface area contributed by atoms with Crippen LogP contribution >= 0.6 is 0 Å². The number of amides is 1. The fourth-order valence-electron chi connectivity index (χ4n) is 2.72. The Kier molecular flexibility index (Phi) is 5.94. The Morgan fingerprint density at radius 3 is 2.61 bits per heavy atom. The van der Waals surface area contributed by atoms with Crippen molar-refractivity contribution in [3.63, 3.8) is 0 Å².